The Kier molecular flexibility index (Phi) is 4.54. The van der Waals surface area contributed by atoms with Crippen molar-refractivity contribution < 1.29 is 4.74 Å². The summed E-state index contributed by atoms with van der Waals surface area (Å²) in [4.78, 5) is 11.8. The number of morpholine rings is 1. The highest BCUT2D eigenvalue weighted by atomic mass is 16.5. The van der Waals surface area contributed by atoms with Crippen LogP contribution in [-0.2, 0) is 11.8 Å². The highest BCUT2D eigenvalue weighted by Crippen LogP contribution is 2.28. The molecule has 0 atom stereocenters. The van der Waals surface area contributed by atoms with Gasteiger partial charge >= 0.3 is 0 Å². The predicted molar refractivity (Wildman–Crippen MR) is 128 cm³/mol. The first-order valence-corrected chi connectivity index (χ1v) is 10.8. The number of hydrogen-bond acceptors (Lipinski definition) is 5. The van der Waals surface area contributed by atoms with E-state index < -0.39 is 0 Å². The number of ether oxygens (including phenoxy) is 1. The van der Waals surface area contributed by atoms with Crippen molar-refractivity contribution in [1.82, 2.24) is 18.9 Å². The Hall–Kier alpha value is -3.84. The zero-order valence-corrected chi connectivity index (χ0v) is 17.9. The zero-order valence-electron chi connectivity index (χ0n) is 17.9. The Balaban J connectivity index is 1.34. The molecule has 1 N–H and O–H groups in total. The lowest BCUT2D eigenvalue weighted by Crippen LogP contribution is -2.36. The van der Waals surface area contributed by atoms with E-state index in [1.807, 2.05) is 16.8 Å². The quantitative estimate of drug-likeness (QED) is 0.461. The third-order valence-corrected chi connectivity index (χ3v) is 6.06. The number of anilines is 3. The van der Waals surface area contributed by atoms with E-state index in [9.17, 15) is 0 Å². The van der Waals surface area contributed by atoms with E-state index in [4.69, 9.17) is 9.72 Å². The van der Waals surface area contributed by atoms with Gasteiger partial charge in [-0.15, -0.1) is 0 Å². The molecule has 0 saturated carbocycles. The summed E-state index contributed by atoms with van der Waals surface area (Å²) in [7, 11) is 2.06. The lowest BCUT2D eigenvalue weighted by Gasteiger charge is -2.28. The van der Waals surface area contributed by atoms with Crippen LogP contribution in [0.25, 0.3) is 27.8 Å². The van der Waals surface area contributed by atoms with Gasteiger partial charge in [0.1, 0.15) is 0 Å². The number of nitrogens with one attached hydrogen (secondary N) is 1. The molecule has 0 aliphatic carbocycles. The van der Waals surface area contributed by atoms with Crippen LogP contribution in [0.1, 0.15) is 0 Å². The van der Waals surface area contributed by atoms with Gasteiger partial charge in [-0.3, -0.25) is 0 Å². The molecule has 2 aromatic carbocycles. The highest BCUT2D eigenvalue weighted by molar-refractivity contribution is 5.85. The number of aromatic nitrogens is 4. The molecule has 7 heteroatoms. The summed E-state index contributed by atoms with van der Waals surface area (Å²) < 4.78 is 9.60. The van der Waals surface area contributed by atoms with Crippen LogP contribution < -0.4 is 10.2 Å². The molecule has 6 rings (SSSR count). The summed E-state index contributed by atoms with van der Waals surface area (Å²) in [5, 5.41) is 4.70. The van der Waals surface area contributed by atoms with Crippen LogP contribution in [0.2, 0.25) is 0 Å². The van der Waals surface area contributed by atoms with Crippen molar-refractivity contribution in [3.63, 3.8) is 0 Å². The summed E-state index contributed by atoms with van der Waals surface area (Å²) >= 11 is 0. The van der Waals surface area contributed by atoms with E-state index in [0.717, 1.165) is 54.7 Å². The van der Waals surface area contributed by atoms with Gasteiger partial charge in [0.25, 0.3) is 0 Å². The van der Waals surface area contributed by atoms with E-state index in [1.165, 1.54) is 16.6 Å². The smallest absolute Gasteiger partial charge is 0.180 e. The van der Waals surface area contributed by atoms with Crippen molar-refractivity contribution in [3.05, 3.63) is 73.3 Å². The first-order chi connectivity index (χ1) is 15.7. The summed E-state index contributed by atoms with van der Waals surface area (Å²) in [5.41, 5.74) is 6.14. The van der Waals surface area contributed by atoms with Gasteiger partial charge in [-0.25, -0.2) is 9.97 Å². The molecular formula is C25H24N6O. The SMILES string of the molecule is Cn1ccc2ccc(-c3cn4ccnc4c(Nc4ccc(N5CCOCC5)cc4)n3)cc21. The maximum absolute atomic E-state index is 5.46. The fourth-order valence-corrected chi connectivity index (χ4v) is 4.29. The molecule has 5 aromatic rings. The van der Waals surface area contributed by atoms with Gasteiger partial charge in [-0.05, 0) is 41.8 Å². The summed E-state index contributed by atoms with van der Waals surface area (Å²) in [5.74, 6) is 0.735. The maximum atomic E-state index is 5.46. The van der Waals surface area contributed by atoms with Crippen molar-refractivity contribution in [2.75, 3.05) is 36.5 Å². The number of nitrogens with zero attached hydrogens (tertiary/aromatic N) is 5. The summed E-state index contributed by atoms with van der Waals surface area (Å²) in [6, 6.07) is 17.0. The molecule has 3 aromatic heterocycles. The summed E-state index contributed by atoms with van der Waals surface area (Å²) in [6.45, 7) is 3.42. The average Bonchev–Trinajstić information content (AvgIpc) is 3.47. The molecule has 1 fully saturated rings. The molecular weight excluding hydrogens is 400 g/mol. The van der Waals surface area contributed by atoms with E-state index in [1.54, 1.807) is 6.20 Å². The van der Waals surface area contributed by atoms with Gasteiger partial charge in [0.05, 0.1) is 18.9 Å². The molecule has 1 saturated heterocycles. The second-order valence-corrected chi connectivity index (χ2v) is 8.10. The van der Waals surface area contributed by atoms with Gasteiger partial charge < -0.3 is 23.9 Å². The van der Waals surface area contributed by atoms with Crippen molar-refractivity contribution >= 4 is 33.7 Å². The number of benzene rings is 2. The Labute approximate surface area is 185 Å². The summed E-state index contributed by atoms with van der Waals surface area (Å²) in [6.07, 6.45) is 7.86. The third kappa shape index (κ3) is 3.36. The van der Waals surface area contributed by atoms with Gasteiger partial charge in [0, 0.05) is 67.4 Å². The number of fused-ring (bicyclic) bond motifs is 2. The Bertz CT molecular complexity index is 1400. The minimum atomic E-state index is 0.735. The average molecular weight is 425 g/mol. The monoisotopic (exact) mass is 424 g/mol. The fraction of sp³-hybridized carbons (Fsp3) is 0.200. The van der Waals surface area contributed by atoms with Gasteiger partial charge in [-0.1, -0.05) is 12.1 Å². The van der Waals surface area contributed by atoms with E-state index in [2.05, 4.69) is 81.5 Å². The molecule has 7 nitrogen and oxygen atoms in total. The van der Waals surface area contributed by atoms with Crippen molar-refractivity contribution in [3.8, 4) is 11.3 Å². The first-order valence-electron chi connectivity index (χ1n) is 10.8. The number of aryl methyl sites for hydroxylation is 1. The minimum absolute atomic E-state index is 0.735. The largest absolute Gasteiger partial charge is 0.378 e. The van der Waals surface area contributed by atoms with Crippen molar-refractivity contribution in [2.24, 2.45) is 7.05 Å². The lowest BCUT2D eigenvalue weighted by atomic mass is 10.1. The molecule has 1 aliphatic rings. The van der Waals surface area contributed by atoms with Crippen LogP contribution in [-0.4, -0.2) is 45.2 Å². The van der Waals surface area contributed by atoms with Gasteiger partial charge in [-0.2, -0.15) is 0 Å². The van der Waals surface area contributed by atoms with Gasteiger partial charge in [0.15, 0.2) is 11.5 Å². The second-order valence-electron chi connectivity index (χ2n) is 8.10. The standard InChI is InChI=1S/C25H24N6O/c1-29-10-8-18-2-3-19(16-23(18)29)22-17-31-11-9-26-25(31)24(28-22)27-20-4-6-21(7-5-20)30-12-14-32-15-13-30/h2-11,16-17H,12-15H2,1H3,(H,27,28). The molecule has 4 heterocycles. The molecule has 0 radical (unpaired) electrons. The van der Waals surface area contributed by atoms with Crippen molar-refractivity contribution in [2.45, 2.75) is 0 Å². The van der Waals surface area contributed by atoms with Crippen LogP contribution in [0.5, 0.6) is 0 Å². The Morgan fingerprint density at radius 3 is 2.66 bits per heavy atom. The molecule has 1 aliphatic heterocycles. The second kappa shape index (κ2) is 7.69. The predicted octanol–water partition coefficient (Wildman–Crippen LogP) is 4.47. The third-order valence-electron chi connectivity index (χ3n) is 6.06. The zero-order chi connectivity index (χ0) is 21.5. The van der Waals surface area contributed by atoms with Gasteiger partial charge in [0.2, 0.25) is 0 Å². The Morgan fingerprint density at radius 2 is 1.81 bits per heavy atom. The molecule has 0 amide bonds. The van der Waals surface area contributed by atoms with Crippen LogP contribution >= 0.6 is 0 Å². The first kappa shape index (κ1) is 18.9. The number of hydrogen-bond donors (Lipinski definition) is 1. The maximum Gasteiger partial charge on any atom is 0.180 e. The van der Waals surface area contributed by atoms with E-state index in [0.29, 0.717) is 0 Å². The molecule has 0 unspecified atom stereocenters. The highest BCUT2D eigenvalue weighted by Gasteiger charge is 2.13. The normalized spacial score (nSPS) is 14.3. The van der Waals surface area contributed by atoms with Crippen molar-refractivity contribution in [1.29, 1.82) is 0 Å². The van der Waals surface area contributed by atoms with E-state index in [-0.39, 0.29) is 0 Å². The molecule has 160 valence electrons. The number of rotatable bonds is 4. The van der Waals surface area contributed by atoms with Crippen LogP contribution in [0.4, 0.5) is 17.2 Å². The van der Waals surface area contributed by atoms with Crippen LogP contribution in [0.3, 0.4) is 0 Å². The minimum Gasteiger partial charge on any atom is -0.378 e. The topological polar surface area (TPSA) is 59.6 Å². The molecule has 32 heavy (non-hydrogen) atoms. The fourth-order valence-electron chi connectivity index (χ4n) is 4.29. The van der Waals surface area contributed by atoms with Crippen LogP contribution in [0.15, 0.2) is 73.3 Å². The van der Waals surface area contributed by atoms with E-state index >= 15 is 0 Å². The lowest BCUT2D eigenvalue weighted by molar-refractivity contribution is 0.122. The number of imidazole rings is 1. The Morgan fingerprint density at radius 1 is 0.969 bits per heavy atom. The van der Waals surface area contributed by atoms with Crippen LogP contribution in [0, 0.1) is 0 Å². The molecule has 0 spiro atoms. The molecule has 0 bridgehead atoms.